The van der Waals surface area contributed by atoms with Crippen LogP contribution in [0.25, 0.3) is 0 Å². The number of rotatable bonds is 6. The average molecular weight is 291 g/mol. The van der Waals surface area contributed by atoms with Gasteiger partial charge in [0.1, 0.15) is 6.04 Å². The lowest BCUT2D eigenvalue weighted by Gasteiger charge is -2.17. The number of nitrogens with one attached hydrogen (secondary N) is 3. The van der Waals surface area contributed by atoms with Crippen molar-refractivity contribution in [3.8, 4) is 0 Å². The first kappa shape index (κ1) is 17.0. The van der Waals surface area contributed by atoms with Crippen molar-refractivity contribution < 1.29 is 9.59 Å². The molecule has 0 fully saturated rings. The maximum atomic E-state index is 12.0. The SMILES string of the molecule is CCCNC(=O)C(C)NC(=O)Nc1ccccc1C(C)C. The molecule has 0 aliphatic carbocycles. The molecular formula is C16H25N3O2. The molecule has 0 aliphatic heterocycles. The van der Waals surface area contributed by atoms with Crippen LogP contribution in [-0.2, 0) is 4.79 Å². The zero-order chi connectivity index (χ0) is 15.8. The molecule has 1 rings (SSSR count). The smallest absolute Gasteiger partial charge is 0.319 e. The van der Waals surface area contributed by atoms with Gasteiger partial charge in [-0.3, -0.25) is 4.79 Å². The number of urea groups is 1. The molecule has 0 aliphatic rings. The number of carbonyl (C=O) groups is 2. The normalized spacial score (nSPS) is 11.9. The summed E-state index contributed by atoms with van der Waals surface area (Å²) in [5.41, 5.74) is 1.84. The molecule has 1 atom stereocenters. The van der Waals surface area contributed by atoms with Gasteiger partial charge in [-0.1, -0.05) is 39.0 Å². The maximum Gasteiger partial charge on any atom is 0.319 e. The Morgan fingerprint density at radius 3 is 2.43 bits per heavy atom. The molecule has 116 valence electrons. The molecule has 1 unspecified atom stereocenters. The number of carbonyl (C=O) groups excluding carboxylic acids is 2. The summed E-state index contributed by atoms with van der Waals surface area (Å²) in [5, 5.41) is 8.19. The number of para-hydroxylation sites is 1. The molecule has 0 radical (unpaired) electrons. The van der Waals surface area contributed by atoms with E-state index in [1.807, 2.05) is 31.2 Å². The van der Waals surface area contributed by atoms with Gasteiger partial charge in [-0.15, -0.1) is 0 Å². The fraction of sp³-hybridized carbons (Fsp3) is 0.500. The predicted octanol–water partition coefficient (Wildman–Crippen LogP) is 2.85. The van der Waals surface area contributed by atoms with E-state index < -0.39 is 6.04 Å². The van der Waals surface area contributed by atoms with Crippen molar-refractivity contribution in [2.24, 2.45) is 0 Å². The van der Waals surface area contributed by atoms with E-state index in [9.17, 15) is 9.59 Å². The molecular weight excluding hydrogens is 266 g/mol. The first-order valence-electron chi connectivity index (χ1n) is 7.39. The standard InChI is InChI=1S/C16H25N3O2/c1-5-10-17-15(20)12(4)18-16(21)19-14-9-7-6-8-13(14)11(2)3/h6-9,11-12H,5,10H2,1-4H3,(H,17,20)(H2,18,19,21). The van der Waals surface area contributed by atoms with Gasteiger partial charge in [0.15, 0.2) is 0 Å². The second kappa shape index (κ2) is 8.29. The molecule has 21 heavy (non-hydrogen) atoms. The molecule has 0 bridgehead atoms. The van der Waals surface area contributed by atoms with Gasteiger partial charge in [0.2, 0.25) is 5.91 Å². The van der Waals surface area contributed by atoms with E-state index in [1.165, 1.54) is 0 Å². The van der Waals surface area contributed by atoms with Gasteiger partial charge in [0.05, 0.1) is 0 Å². The lowest BCUT2D eigenvalue weighted by molar-refractivity contribution is -0.122. The van der Waals surface area contributed by atoms with Crippen molar-refractivity contribution >= 4 is 17.6 Å². The van der Waals surface area contributed by atoms with E-state index in [-0.39, 0.29) is 11.9 Å². The lowest BCUT2D eigenvalue weighted by atomic mass is 10.0. The number of hydrogen-bond donors (Lipinski definition) is 3. The Hall–Kier alpha value is -2.04. The number of amides is 3. The second-order valence-electron chi connectivity index (χ2n) is 5.35. The third-order valence-corrected chi connectivity index (χ3v) is 3.12. The van der Waals surface area contributed by atoms with Gasteiger partial charge in [-0.2, -0.15) is 0 Å². The zero-order valence-electron chi connectivity index (χ0n) is 13.2. The van der Waals surface area contributed by atoms with Gasteiger partial charge in [0.25, 0.3) is 0 Å². The first-order chi connectivity index (χ1) is 9.95. The van der Waals surface area contributed by atoms with Crippen molar-refractivity contribution in [1.82, 2.24) is 10.6 Å². The second-order valence-corrected chi connectivity index (χ2v) is 5.35. The van der Waals surface area contributed by atoms with E-state index in [4.69, 9.17) is 0 Å². The summed E-state index contributed by atoms with van der Waals surface area (Å²) in [4.78, 5) is 23.7. The third-order valence-electron chi connectivity index (χ3n) is 3.12. The van der Waals surface area contributed by atoms with Crippen LogP contribution in [0.15, 0.2) is 24.3 Å². The summed E-state index contributed by atoms with van der Waals surface area (Å²) in [6, 6.07) is 6.72. The van der Waals surface area contributed by atoms with Crippen LogP contribution < -0.4 is 16.0 Å². The lowest BCUT2D eigenvalue weighted by Crippen LogP contribution is -2.46. The molecule has 0 spiro atoms. The Morgan fingerprint density at radius 2 is 1.81 bits per heavy atom. The summed E-state index contributed by atoms with van der Waals surface area (Å²) < 4.78 is 0. The van der Waals surface area contributed by atoms with Gasteiger partial charge < -0.3 is 16.0 Å². The highest BCUT2D eigenvalue weighted by Gasteiger charge is 2.16. The van der Waals surface area contributed by atoms with Crippen LogP contribution in [0.3, 0.4) is 0 Å². The maximum absolute atomic E-state index is 12.0. The summed E-state index contributed by atoms with van der Waals surface area (Å²) in [6.45, 7) is 8.40. The molecule has 5 nitrogen and oxygen atoms in total. The monoisotopic (exact) mass is 291 g/mol. The molecule has 3 N–H and O–H groups in total. The quantitative estimate of drug-likeness (QED) is 0.754. The highest BCUT2D eigenvalue weighted by atomic mass is 16.2. The topological polar surface area (TPSA) is 70.2 Å². The molecule has 0 heterocycles. The molecule has 0 saturated heterocycles. The van der Waals surface area contributed by atoms with Gasteiger partial charge in [0, 0.05) is 12.2 Å². The zero-order valence-corrected chi connectivity index (χ0v) is 13.2. The highest BCUT2D eigenvalue weighted by Crippen LogP contribution is 2.23. The van der Waals surface area contributed by atoms with Crippen molar-refractivity contribution in [2.75, 3.05) is 11.9 Å². The fourth-order valence-corrected chi connectivity index (χ4v) is 1.94. The minimum atomic E-state index is -0.567. The highest BCUT2D eigenvalue weighted by molar-refractivity contribution is 5.94. The summed E-state index contributed by atoms with van der Waals surface area (Å²) in [7, 11) is 0. The van der Waals surface area contributed by atoms with Crippen molar-refractivity contribution in [3.63, 3.8) is 0 Å². The van der Waals surface area contributed by atoms with Gasteiger partial charge in [-0.25, -0.2) is 4.79 Å². The molecule has 5 heteroatoms. The van der Waals surface area contributed by atoms with Crippen LogP contribution in [0.1, 0.15) is 45.6 Å². The van der Waals surface area contributed by atoms with Crippen LogP contribution in [0.2, 0.25) is 0 Å². The Kier molecular flexibility index (Phi) is 6.72. The van der Waals surface area contributed by atoms with E-state index in [1.54, 1.807) is 6.92 Å². The Morgan fingerprint density at radius 1 is 1.14 bits per heavy atom. The Balaban J connectivity index is 2.60. The van der Waals surface area contributed by atoms with Crippen molar-refractivity contribution in [2.45, 2.75) is 46.1 Å². The largest absolute Gasteiger partial charge is 0.354 e. The van der Waals surface area contributed by atoms with Crippen LogP contribution in [-0.4, -0.2) is 24.5 Å². The van der Waals surface area contributed by atoms with Gasteiger partial charge >= 0.3 is 6.03 Å². The number of benzene rings is 1. The molecule has 0 saturated carbocycles. The van der Waals surface area contributed by atoms with Crippen LogP contribution in [0.4, 0.5) is 10.5 Å². The minimum Gasteiger partial charge on any atom is -0.354 e. The Bertz CT molecular complexity index is 486. The molecule has 3 amide bonds. The molecule has 1 aromatic carbocycles. The minimum absolute atomic E-state index is 0.177. The van der Waals surface area contributed by atoms with Crippen LogP contribution >= 0.6 is 0 Å². The summed E-state index contributed by atoms with van der Waals surface area (Å²) in [6.07, 6.45) is 0.867. The number of anilines is 1. The Labute approximate surface area is 126 Å². The van der Waals surface area contributed by atoms with Crippen molar-refractivity contribution in [1.29, 1.82) is 0 Å². The first-order valence-corrected chi connectivity index (χ1v) is 7.39. The summed E-state index contributed by atoms with van der Waals surface area (Å²) in [5.74, 6) is 0.135. The molecule has 1 aromatic rings. The van der Waals surface area contributed by atoms with Crippen LogP contribution in [0, 0.1) is 0 Å². The third kappa shape index (κ3) is 5.45. The van der Waals surface area contributed by atoms with E-state index in [2.05, 4.69) is 29.8 Å². The predicted molar refractivity (Wildman–Crippen MR) is 85.4 cm³/mol. The van der Waals surface area contributed by atoms with E-state index in [0.717, 1.165) is 17.7 Å². The average Bonchev–Trinajstić information content (AvgIpc) is 2.44. The van der Waals surface area contributed by atoms with Crippen LogP contribution in [0.5, 0.6) is 0 Å². The van der Waals surface area contributed by atoms with E-state index in [0.29, 0.717) is 12.5 Å². The summed E-state index contributed by atoms with van der Waals surface area (Å²) >= 11 is 0. The van der Waals surface area contributed by atoms with Gasteiger partial charge in [-0.05, 0) is 30.9 Å². The van der Waals surface area contributed by atoms with Crippen molar-refractivity contribution in [3.05, 3.63) is 29.8 Å². The fourth-order valence-electron chi connectivity index (χ4n) is 1.94. The molecule has 0 aromatic heterocycles. The van der Waals surface area contributed by atoms with E-state index >= 15 is 0 Å². The number of hydrogen-bond acceptors (Lipinski definition) is 2.